The molecule has 142 valence electrons. The fourth-order valence-corrected chi connectivity index (χ4v) is 4.49. The highest BCUT2D eigenvalue weighted by atomic mass is 16.7. The quantitative estimate of drug-likeness (QED) is 0.349. The van der Waals surface area contributed by atoms with E-state index in [0.29, 0.717) is 0 Å². The number of hydrogen-bond acceptors (Lipinski definition) is 4. The van der Waals surface area contributed by atoms with E-state index in [1.807, 2.05) is 6.07 Å². The molecule has 4 nitrogen and oxygen atoms in total. The standard InChI is InChI=1S/C25H18O4/c1-26-21-9-14-7-8-17-15-5-3-4-6-16(15)19-11-23-24(29-13-28-23)12-20(19)25(17)18(14)10-22(21)27-2/h3-12H,13H2,1-2H3. The summed E-state index contributed by atoms with van der Waals surface area (Å²) in [6, 6.07) is 21.1. The number of methoxy groups -OCH3 is 2. The molecule has 0 aliphatic carbocycles. The highest BCUT2D eigenvalue weighted by molar-refractivity contribution is 6.31. The molecule has 0 saturated heterocycles. The molecule has 0 saturated carbocycles. The van der Waals surface area contributed by atoms with Gasteiger partial charge in [-0.1, -0.05) is 36.4 Å². The normalized spacial score (nSPS) is 12.9. The molecule has 0 N–H and O–H groups in total. The van der Waals surface area contributed by atoms with E-state index in [9.17, 15) is 0 Å². The van der Waals surface area contributed by atoms with E-state index in [1.54, 1.807) is 14.2 Å². The third-order valence-corrected chi connectivity index (χ3v) is 5.81. The van der Waals surface area contributed by atoms with Gasteiger partial charge in [-0.3, -0.25) is 0 Å². The van der Waals surface area contributed by atoms with Gasteiger partial charge in [0.2, 0.25) is 6.79 Å². The van der Waals surface area contributed by atoms with Crippen molar-refractivity contribution in [3.05, 3.63) is 60.7 Å². The first kappa shape index (κ1) is 16.3. The largest absolute Gasteiger partial charge is 0.493 e. The van der Waals surface area contributed by atoms with Crippen molar-refractivity contribution < 1.29 is 18.9 Å². The predicted octanol–water partition coefficient (Wildman–Crippen LogP) is 6.05. The van der Waals surface area contributed by atoms with Crippen LogP contribution in [-0.4, -0.2) is 21.0 Å². The first-order valence-electron chi connectivity index (χ1n) is 9.51. The van der Waals surface area contributed by atoms with E-state index in [-0.39, 0.29) is 6.79 Å². The molecule has 29 heavy (non-hydrogen) atoms. The molecule has 0 fully saturated rings. The van der Waals surface area contributed by atoms with Crippen molar-refractivity contribution >= 4 is 43.1 Å². The van der Waals surface area contributed by atoms with Crippen LogP contribution in [-0.2, 0) is 0 Å². The summed E-state index contributed by atoms with van der Waals surface area (Å²) in [6.45, 7) is 0.257. The second-order valence-corrected chi connectivity index (χ2v) is 7.21. The zero-order valence-electron chi connectivity index (χ0n) is 16.1. The van der Waals surface area contributed by atoms with Crippen molar-refractivity contribution in [2.75, 3.05) is 21.0 Å². The van der Waals surface area contributed by atoms with E-state index in [4.69, 9.17) is 18.9 Å². The van der Waals surface area contributed by atoms with Crippen molar-refractivity contribution in [3.63, 3.8) is 0 Å². The van der Waals surface area contributed by atoms with Crippen LogP contribution in [0.4, 0.5) is 0 Å². The molecule has 0 unspecified atom stereocenters. The minimum atomic E-state index is 0.257. The molecular formula is C25H18O4. The average Bonchev–Trinajstić information content (AvgIpc) is 3.24. The lowest BCUT2D eigenvalue weighted by atomic mass is 9.90. The summed E-state index contributed by atoms with van der Waals surface area (Å²) in [7, 11) is 3.33. The Morgan fingerprint density at radius 2 is 1.28 bits per heavy atom. The minimum Gasteiger partial charge on any atom is -0.493 e. The zero-order chi connectivity index (χ0) is 19.5. The molecular weight excluding hydrogens is 364 g/mol. The lowest BCUT2D eigenvalue weighted by Gasteiger charge is -2.15. The lowest BCUT2D eigenvalue weighted by Crippen LogP contribution is -1.92. The van der Waals surface area contributed by atoms with Gasteiger partial charge in [-0.2, -0.15) is 0 Å². The Morgan fingerprint density at radius 1 is 0.621 bits per heavy atom. The third-order valence-electron chi connectivity index (χ3n) is 5.81. The van der Waals surface area contributed by atoms with Crippen molar-refractivity contribution in [3.8, 4) is 23.0 Å². The van der Waals surface area contributed by atoms with Gasteiger partial charge in [0.25, 0.3) is 0 Å². The zero-order valence-corrected chi connectivity index (χ0v) is 16.1. The number of hydrogen-bond donors (Lipinski definition) is 0. The van der Waals surface area contributed by atoms with Crippen LogP contribution in [0.1, 0.15) is 0 Å². The topological polar surface area (TPSA) is 36.9 Å². The van der Waals surface area contributed by atoms with E-state index in [1.165, 1.54) is 21.5 Å². The molecule has 0 radical (unpaired) electrons. The van der Waals surface area contributed by atoms with Crippen LogP contribution in [0.25, 0.3) is 43.1 Å². The summed E-state index contributed by atoms with van der Waals surface area (Å²) in [5.41, 5.74) is 0. The first-order valence-corrected chi connectivity index (χ1v) is 9.51. The Balaban J connectivity index is 1.90. The SMILES string of the molecule is COc1cc2ccc3c4ccccc4c4cc5c(cc4c3c2cc1OC)OCO5. The number of benzene rings is 5. The summed E-state index contributed by atoms with van der Waals surface area (Å²) >= 11 is 0. The van der Waals surface area contributed by atoms with Gasteiger partial charge in [-0.05, 0) is 67.4 Å². The molecule has 1 aliphatic rings. The maximum absolute atomic E-state index is 5.69. The Hall–Kier alpha value is -3.66. The molecule has 0 amide bonds. The number of fused-ring (bicyclic) bond motifs is 9. The fourth-order valence-electron chi connectivity index (χ4n) is 4.49. The molecule has 0 bridgehead atoms. The van der Waals surface area contributed by atoms with Gasteiger partial charge >= 0.3 is 0 Å². The summed E-state index contributed by atoms with van der Waals surface area (Å²) in [4.78, 5) is 0. The van der Waals surface area contributed by atoms with Crippen molar-refractivity contribution in [1.29, 1.82) is 0 Å². The predicted molar refractivity (Wildman–Crippen MR) is 116 cm³/mol. The number of ether oxygens (including phenoxy) is 4. The summed E-state index contributed by atoms with van der Waals surface area (Å²) < 4.78 is 22.5. The Bertz CT molecular complexity index is 1450. The Morgan fingerprint density at radius 3 is 2.00 bits per heavy atom. The van der Waals surface area contributed by atoms with Gasteiger partial charge in [-0.15, -0.1) is 0 Å². The second-order valence-electron chi connectivity index (χ2n) is 7.21. The smallest absolute Gasteiger partial charge is 0.231 e. The van der Waals surface area contributed by atoms with Crippen LogP contribution < -0.4 is 18.9 Å². The van der Waals surface area contributed by atoms with E-state index in [2.05, 4.69) is 54.6 Å². The minimum absolute atomic E-state index is 0.257. The fraction of sp³-hybridized carbons (Fsp3) is 0.120. The lowest BCUT2D eigenvalue weighted by molar-refractivity contribution is 0.174. The maximum atomic E-state index is 5.69. The van der Waals surface area contributed by atoms with Crippen molar-refractivity contribution in [2.45, 2.75) is 0 Å². The molecule has 6 rings (SSSR count). The van der Waals surface area contributed by atoms with Crippen molar-refractivity contribution in [1.82, 2.24) is 0 Å². The first-order chi connectivity index (χ1) is 14.3. The Kier molecular flexibility index (Phi) is 3.33. The van der Waals surface area contributed by atoms with Gasteiger partial charge < -0.3 is 18.9 Å². The van der Waals surface area contributed by atoms with Gasteiger partial charge in [0.1, 0.15) is 0 Å². The van der Waals surface area contributed by atoms with Crippen LogP contribution in [0.2, 0.25) is 0 Å². The second kappa shape index (κ2) is 5.92. The average molecular weight is 382 g/mol. The summed E-state index contributed by atoms with van der Waals surface area (Å²) in [5.74, 6) is 3.02. The van der Waals surface area contributed by atoms with Gasteiger partial charge in [0.05, 0.1) is 14.2 Å². The summed E-state index contributed by atoms with van der Waals surface area (Å²) in [5, 5.41) is 9.31. The monoisotopic (exact) mass is 382 g/mol. The third kappa shape index (κ3) is 2.20. The summed E-state index contributed by atoms with van der Waals surface area (Å²) in [6.07, 6.45) is 0. The van der Waals surface area contributed by atoms with Crippen LogP contribution in [0, 0.1) is 0 Å². The molecule has 1 heterocycles. The Labute approximate surface area is 167 Å². The van der Waals surface area contributed by atoms with Crippen molar-refractivity contribution in [2.24, 2.45) is 0 Å². The maximum Gasteiger partial charge on any atom is 0.231 e. The highest BCUT2D eigenvalue weighted by Gasteiger charge is 2.19. The molecule has 4 heteroatoms. The van der Waals surface area contributed by atoms with Crippen LogP contribution in [0.3, 0.4) is 0 Å². The van der Waals surface area contributed by atoms with E-state index >= 15 is 0 Å². The van der Waals surface area contributed by atoms with Crippen LogP contribution in [0.15, 0.2) is 60.7 Å². The van der Waals surface area contributed by atoms with Gasteiger partial charge in [0, 0.05) is 0 Å². The van der Waals surface area contributed by atoms with Crippen LogP contribution in [0.5, 0.6) is 23.0 Å². The molecule has 5 aromatic carbocycles. The molecule has 1 aliphatic heterocycles. The number of rotatable bonds is 2. The molecule has 0 aromatic heterocycles. The molecule has 5 aromatic rings. The van der Waals surface area contributed by atoms with Gasteiger partial charge in [0.15, 0.2) is 23.0 Å². The molecule has 0 spiro atoms. The van der Waals surface area contributed by atoms with Gasteiger partial charge in [-0.25, -0.2) is 0 Å². The molecule has 0 atom stereocenters. The van der Waals surface area contributed by atoms with Crippen LogP contribution >= 0.6 is 0 Å². The van der Waals surface area contributed by atoms with E-state index in [0.717, 1.165) is 44.5 Å². The highest BCUT2D eigenvalue weighted by Crippen LogP contribution is 2.45. The van der Waals surface area contributed by atoms with E-state index < -0.39 is 0 Å².